The molecule has 0 saturated carbocycles. The Hall–Kier alpha value is -1.84. The zero-order valence-electron chi connectivity index (χ0n) is 23.0. The lowest BCUT2D eigenvalue weighted by Gasteiger charge is -2.32. The van der Waals surface area contributed by atoms with Crippen molar-refractivity contribution < 1.29 is 15.3 Å². The van der Waals surface area contributed by atoms with E-state index in [-0.39, 0.29) is 35.9 Å². The van der Waals surface area contributed by atoms with E-state index in [1.165, 1.54) is 27.8 Å². The monoisotopic (exact) mass is 468 g/mol. The van der Waals surface area contributed by atoms with E-state index >= 15 is 0 Å². The third-order valence-electron chi connectivity index (χ3n) is 6.91. The highest BCUT2D eigenvalue weighted by Crippen LogP contribution is 2.45. The molecule has 0 heterocycles. The molecule has 190 valence electrons. The van der Waals surface area contributed by atoms with Crippen LogP contribution in [0.2, 0.25) is 0 Å². The molecule has 1 atom stereocenters. The second-order valence-electron chi connectivity index (χ2n) is 12.3. The summed E-state index contributed by atoms with van der Waals surface area (Å²) in [7, 11) is 0. The fourth-order valence-electron chi connectivity index (χ4n) is 5.17. The topological polar surface area (TPSA) is 60.7 Å². The standard InChI is InChI=1S/C31H48O3/c1-20(2)28(24-16-22(12-10-14-32)18-26(21(24)3)30(4,5)6)25-17-23(13-11-15-33)19-27(29(25)34)31(7,8)9/h16-20,28,32-34H,10-15H2,1-9H3. The summed E-state index contributed by atoms with van der Waals surface area (Å²) < 4.78 is 0. The van der Waals surface area contributed by atoms with Gasteiger partial charge in [-0.15, -0.1) is 0 Å². The highest BCUT2D eigenvalue weighted by molar-refractivity contribution is 5.54. The summed E-state index contributed by atoms with van der Waals surface area (Å²) in [6.07, 6.45) is 3.09. The Morgan fingerprint density at radius 2 is 1.15 bits per heavy atom. The van der Waals surface area contributed by atoms with E-state index in [1.807, 2.05) is 0 Å². The summed E-state index contributed by atoms with van der Waals surface area (Å²) in [6.45, 7) is 20.2. The van der Waals surface area contributed by atoms with Gasteiger partial charge in [-0.25, -0.2) is 0 Å². The van der Waals surface area contributed by atoms with Crippen molar-refractivity contribution in [2.45, 2.75) is 105 Å². The number of benzene rings is 2. The van der Waals surface area contributed by atoms with Gasteiger partial charge >= 0.3 is 0 Å². The van der Waals surface area contributed by atoms with Gasteiger partial charge in [0.1, 0.15) is 5.75 Å². The van der Waals surface area contributed by atoms with Crippen LogP contribution >= 0.6 is 0 Å². The Balaban J connectivity index is 2.85. The quantitative estimate of drug-likeness (QED) is 0.374. The third-order valence-corrected chi connectivity index (χ3v) is 6.91. The minimum absolute atomic E-state index is 0.00280. The molecule has 0 radical (unpaired) electrons. The van der Waals surface area contributed by atoms with Crippen LogP contribution in [0.15, 0.2) is 24.3 Å². The first-order chi connectivity index (χ1) is 15.7. The Morgan fingerprint density at radius 3 is 1.56 bits per heavy atom. The number of phenols is 1. The third kappa shape index (κ3) is 6.64. The number of aliphatic hydroxyl groups is 2. The molecule has 0 aliphatic rings. The summed E-state index contributed by atoms with van der Waals surface area (Å²) in [5, 5.41) is 30.5. The van der Waals surface area contributed by atoms with Crippen molar-refractivity contribution in [1.29, 1.82) is 0 Å². The van der Waals surface area contributed by atoms with Gasteiger partial charge < -0.3 is 15.3 Å². The molecule has 0 bridgehead atoms. The van der Waals surface area contributed by atoms with Crippen molar-refractivity contribution in [3.8, 4) is 5.75 Å². The molecule has 0 aromatic heterocycles. The van der Waals surface area contributed by atoms with E-state index < -0.39 is 0 Å². The lowest BCUT2D eigenvalue weighted by Crippen LogP contribution is -2.20. The Morgan fingerprint density at radius 1 is 0.706 bits per heavy atom. The van der Waals surface area contributed by atoms with Gasteiger partial charge in [-0.1, -0.05) is 79.7 Å². The average molecular weight is 469 g/mol. The van der Waals surface area contributed by atoms with E-state index in [4.69, 9.17) is 0 Å². The normalized spacial score (nSPS) is 13.5. The predicted molar refractivity (Wildman–Crippen MR) is 144 cm³/mol. The van der Waals surface area contributed by atoms with Crippen molar-refractivity contribution >= 4 is 0 Å². The number of rotatable bonds is 9. The molecule has 3 heteroatoms. The second kappa shape index (κ2) is 11.3. The van der Waals surface area contributed by atoms with Crippen LogP contribution in [0.3, 0.4) is 0 Å². The molecule has 0 amide bonds. The zero-order valence-corrected chi connectivity index (χ0v) is 23.0. The molecule has 0 spiro atoms. The maximum atomic E-state index is 11.6. The van der Waals surface area contributed by atoms with Crippen molar-refractivity contribution in [3.63, 3.8) is 0 Å². The Kier molecular flexibility index (Phi) is 9.41. The maximum absolute atomic E-state index is 11.6. The molecule has 0 fully saturated rings. The van der Waals surface area contributed by atoms with Gasteiger partial charge in [0.2, 0.25) is 0 Å². The predicted octanol–water partition coefficient (Wildman–Crippen LogP) is 6.93. The van der Waals surface area contributed by atoms with Crippen LogP contribution in [0, 0.1) is 12.8 Å². The summed E-state index contributed by atoms with van der Waals surface area (Å²) in [4.78, 5) is 0. The SMILES string of the molecule is Cc1c(C(c2cc(CCCO)cc(C(C)(C)C)c2O)C(C)C)cc(CCCO)cc1C(C)(C)C. The first-order valence-corrected chi connectivity index (χ1v) is 12.9. The minimum Gasteiger partial charge on any atom is -0.507 e. The molecule has 2 aromatic rings. The minimum atomic E-state index is -0.190. The van der Waals surface area contributed by atoms with Crippen LogP contribution in [-0.2, 0) is 23.7 Å². The smallest absolute Gasteiger partial charge is 0.123 e. The van der Waals surface area contributed by atoms with Gasteiger partial charge in [-0.3, -0.25) is 0 Å². The first-order valence-electron chi connectivity index (χ1n) is 12.9. The highest BCUT2D eigenvalue weighted by atomic mass is 16.3. The van der Waals surface area contributed by atoms with Crippen LogP contribution in [0.1, 0.15) is 113 Å². The van der Waals surface area contributed by atoms with Gasteiger partial charge in [0.05, 0.1) is 0 Å². The van der Waals surface area contributed by atoms with E-state index in [2.05, 4.69) is 86.6 Å². The number of aryl methyl sites for hydroxylation is 2. The van der Waals surface area contributed by atoms with Crippen molar-refractivity contribution in [3.05, 3.63) is 63.2 Å². The van der Waals surface area contributed by atoms with E-state index in [0.29, 0.717) is 12.2 Å². The molecular weight excluding hydrogens is 420 g/mol. The lowest BCUT2D eigenvalue weighted by molar-refractivity contribution is 0.288. The van der Waals surface area contributed by atoms with Crippen LogP contribution < -0.4 is 0 Å². The summed E-state index contributed by atoms with van der Waals surface area (Å²) in [6, 6.07) is 8.91. The van der Waals surface area contributed by atoms with Crippen LogP contribution in [0.25, 0.3) is 0 Å². The van der Waals surface area contributed by atoms with Crippen LogP contribution in [0.5, 0.6) is 5.75 Å². The van der Waals surface area contributed by atoms with Gasteiger partial charge in [0.15, 0.2) is 0 Å². The van der Waals surface area contributed by atoms with E-state index in [9.17, 15) is 15.3 Å². The molecule has 1 unspecified atom stereocenters. The molecule has 0 aliphatic heterocycles. The maximum Gasteiger partial charge on any atom is 0.123 e. The molecular formula is C31H48O3. The van der Waals surface area contributed by atoms with Gasteiger partial charge in [0.25, 0.3) is 0 Å². The fraction of sp³-hybridized carbons (Fsp3) is 0.613. The van der Waals surface area contributed by atoms with E-state index in [1.54, 1.807) is 0 Å². The first kappa shape index (κ1) is 28.4. The molecule has 0 saturated heterocycles. The number of hydrogen-bond acceptors (Lipinski definition) is 3. The molecule has 3 nitrogen and oxygen atoms in total. The lowest BCUT2D eigenvalue weighted by atomic mass is 9.73. The summed E-state index contributed by atoms with van der Waals surface area (Å²) in [5.74, 6) is 0.730. The molecule has 34 heavy (non-hydrogen) atoms. The highest BCUT2D eigenvalue weighted by Gasteiger charge is 2.30. The molecule has 2 aromatic carbocycles. The number of hydrogen-bond donors (Lipinski definition) is 3. The van der Waals surface area contributed by atoms with Crippen molar-refractivity contribution in [2.24, 2.45) is 5.92 Å². The number of aliphatic hydroxyl groups excluding tert-OH is 2. The number of aromatic hydroxyl groups is 1. The fourth-order valence-corrected chi connectivity index (χ4v) is 5.17. The molecule has 2 rings (SSSR count). The van der Waals surface area contributed by atoms with Crippen LogP contribution in [-0.4, -0.2) is 28.5 Å². The number of phenolic OH excluding ortho intramolecular Hbond substituents is 1. The average Bonchev–Trinajstić information content (AvgIpc) is 2.72. The van der Waals surface area contributed by atoms with Crippen molar-refractivity contribution in [1.82, 2.24) is 0 Å². The summed E-state index contributed by atoms with van der Waals surface area (Å²) >= 11 is 0. The van der Waals surface area contributed by atoms with Crippen LogP contribution in [0.4, 0.5) is 0 Å². The largest absolute Gasteiger partial charge is 0.507 e. The molecule has 3 N–H and O–H groups in total. The van der Waals surface area contributed by atoms with E-state index in [0.717, 1.165) is 30.4 Å². The Bertz CT molecular complexity index is 883. The zero-order chi connectivity index (χ0) is 25.8. The second-order valence-corrected chi connectivity index (χ2v) is 12.3. The van der Waals surface area contributed by atoms with Crippen molar-refractivity contribution in [2.75, 3.05) is 13.2 Å². The van der Waals surface area contributed by atoms with Gasteiger partial charge in [0, 0.05) is 24.7 Å². The molecule has 0 aliphatic carbocycles. The Labute approximate surface area is 208 Å². The van der Waals surface area contributed by atoms with Gasteiger partial charge in [-0.05, 0) is 82.7 Å². The van der Waals surface area contributed by atoms with Gasteiger partial charge in [-0.2, -0.15) is 0 Å². The summed E-state index contributed by atoms with van der Waals surface area (Å²) in [5.41, 5.74) is 8.06.